The largest absolute Gasteiger partial charge is 0.352 e. The summed E-state index contributed by atoms with van der Waals surface area (Å²) < 4.78 is 40.0. The monoisotopic (exact) mass is 541 g/mol. The number of benzene rings is 2. The molecule has 0 spiro atoms. The van der Waals surface area contributed by atoms with Crippen LogP contribution in [0.4, 0.5) is 10.1 Å². The van der Waals surface area contributed by atoms with Crippen molar-refractivity contribution in [3.63, 3.8) is 0 Å². The number of carbonyl (C=O) groups is 2. The van der Waals surface area contributed by atoms with E-state index in [0.717, 1.165) is 39.2 Å². The lowest BCUT2D eigenvalue weighted by atomic mass is 10.1. The number of amides is 2. The Morgan fingerprint density at radius 1 is 1.12 bits per heavy atom. The molecule has 0 aliphatic carbocycles. The van der Waals surface area contributed by atoms with E-state index in [4.69, 9.17) is 0 Å². The number of anilines is 1. The maximum atomic E-state index is 13.4. The van der Waals surface area contributed by atoms with Gasteiger partial charge in [-0.3, -0.25) is 13.9 Å². The van der Waals surface area contributed by atoms with Crippen LogP contribution in [0.1, 0.15) is 32.8 Å². The Balaban J connectivity index is 2.37. The first kappa shape index (κ1) is 26.8. The number of rotatable bonds is 10. The number of carbonyl (C=O) groups excluding carboxylic acids is 2. The average molecular weight is 542 g/mol. The van der Waals surface area contributed by atoms with Crippen molar-refractivity contribution >= 4 is 43.5 Å². The molecule has 0 aliphatic heterocycles. The second-order valence-corrected chi connectivity index (χ2v) is 10.7. The van der Waals surface area contributed by atoms with Crippen LogP contribution in [0.3, 0.4) is 0 Å². The van der Waals surface area contributed by atoms with E-state index >= 15 is 0 Å². The highest BCUT2D eigenvalue weighted by Gasteiger charge is 2.30. The van der Waals surface area contributed by atoms with Crippen LogP contribution in [0, 0.1) is 5.82 Å². The summed E-state index contributed by atoms with van der Waals surface area (Å²) in [4.78, 5) is 27.6. The van der Waals surface area contributed by atoms with Crippen LogP contribution in [0.25, 0.3) is 0 Å². The predicted octanol–water partition coefficient (Wildman–Crippen LogP) is 3.69. The van der Waals surface area contributed by atoms with Crippen molar-refractivity contribution in [2.75, 3.05) is 17.1 Å². The molecule has 33 heavy (non-hydrogen) atoms. The summed E-state index contributed by atoms with van der Waals surface area (Å²) in [6.45, 7) is 4.99. The summed E-state index contributed by atoms with van der Waals surface area (Å²) >= 11 is 3.40. The van der Waals surface area contributed by atoms with Gasteiger partial charge in [-0.1, -0.05) is 35.0 Å². The van der Waals surface area contributed by atoms with Gasteiger partial charge in [-0.05, 0) is 62.2 Å². The fraction of sp³-hybridized carbons (Fsp3) is 0.391. The minimum Gasteiger partial charge on any atom is -0.352 e. The molecule has 0 radical (unpaired) electrons. The molecule has 180 valence electrons. The lowest BCUT2D eigenvalue weighted by Gasteiger charge is -2.32. The van der Waals surface area contributed by atoms with Gasteiger partial charge in [-0.25, -0.2) is 12.8 Å². The summed E-state index contributed by atoms with van der Waals surface area (Å²) in [5.41, 5.74) is 0.931. The van der Waals surface area contributed by atoms with Gasteiger partial charge < -0.3 is 10.2 Å². The van der Waals surface area contributed by atoms with Gasteiger partial charge in [0.25, 0.3) is 0 Å². The average Bonchev–Trinajstić information content (AvgIpc) is 2.75. The van der Waals surface area contributed by atoms with Crippen LogP contribution in [0.5, 0.6) is 0 Å². The van der Waals surface area contributed by atoms with E-state index in [1.54, 1.807) is 6.92 Å². The molecule has 7 nitrogen and oxygen atoms in total. The van der Waals surface area contributed by atoms with E-state index in [1.165, 1.54) is 17.0 Å². The topological polar surface area (TPSA) is 86.8 Å². The fourth-order valence-corrected chi connectivity index (χ4v) is 4.40. The smallest absolute Gasteiger partial charge is 0.244 e. The summed E-state index contributed by atoms with van der Waals surface area (Å²) in [7, 11) is -3.85. The molecule has 2 atom stereocenters. The normalized spacial score (nSPS) is 13.2. The molecule has 0 bridgehead atoms. The predicted molar refractivity (Wildman–Crippen MR) is 131 cm³/mol. The van der Waals surface area contributed by atoms with Crippen LogP contribution in [-0.2, 0) is 26.2 Å². The van der Waals surface area contributed by atoms with E-state index in [1.807, 2.05) is 38.1 Å². The Morgan fingerprint density at radius 2 is 1.76 bits per heavy atom. The van der Waals surface area contributed by atoms with Crippen molar-refractivity contribution in [2.45, 2.75) is 45.8 Å². The quantitative estimate of drug-likeness (QED) is 0.497. The standard InChI is InChI=1S/C23H29BrFN3O4S/c1-5-16(2)26-23(30)17(3)27(14-18-7-6-8-19(24)13-18)22(29)15-28(33(4,31)32)21-11-9-20(25)10-12-21/h6-13,16-17H,5,14-15H2,1-4H3,(H,26,30). The number of nitrogens with zero attached hydrogens (tertiary/aromatic N) is 2. The molecule has 10 heteroatoms. The molecule has 2 unspecified atom stereocenters. The molecular formula is C23H29BrFN3O4S. The van der Waals surface area contributed by atoms with Gasteiger partial charge in [0.15, 0.2) is 0 Å². The summed E-state index contributed by atoms with van der Waals surface area (Å²) in [5, 5.41) is 2.87. The lowest BCUT2D eigenvalue weighted by Crippen LogP contribution is -2.52. The minimum atomic E-state index is -3.85. The molecular weight excluding hydrogens is 513 g/mol. The second-order valence-electron chi connectivity index (χ2n) is 7.89. The van der Waals surface area contributed by atoms with Crippen LogP contribution in [0.15, 0.2) is 53.0 Å². The molecule has 0 saturated carbocycles. The van der Waals surface area contributed by atoms with Gasteiger partial charge in [-0.15, -0.1) is 0 Å². The van der Waals surface area contributed by atoms with E-state index in [-0.39, 0.29) is 24.2 Å². The van der Waals surface area contributed by atoms with Crippen molar-refractivity contribution < 1.29 is 22.4 Å². The number of hydrogen-bond acceptors (Lipinski definition) is 4. The first-order valence-corrected chi connectivity index (χ1v) is 13.1. The Morgan fingerprint density at radius 3 is 2.30 bits per heavy atom. The van der Waals surface area contributed by atoms with Gasteiger partial charge >= 0.3 is 0 Å². The van der Waals surface area contributed by atoms with Gasteiger partial charge in [0.1, 0.15) is 18.4 Å². The summed E-state index contributed by atoms with van der Waals surface area (Å²) in [6, 6.07) is 11.2. The fourth-order valence-electron chi connectivity index (χ4n) is 3.10. The zero-order valence-electron chi connectivity index (χ0n) is 19.1. The van der Waals surface area contributed by atoms with E-state index in [2.05, 4.69) is 21.2 Å². The van der Waals surface area contributed by atoms with E-state index in [9.17, 15) is 22.4 Å². The third-order valence-corrected chi connectivity index (χ3v) is 6.84. The minimum absolute atomic E-state index is 0.0745. The van der Waals surface area contributed by atoms with Crippen molar-refractivity contribution in [1.82, 2.24) is 10.2 Å². The third-order valence-electron chi connectivity index (χ3n) is 5.20. The van der Waals surface area contributed by atoms with Crippen LogP contribution >= 0.6 is 15.9 Å². The van der Waals surface area contributed by atoms with E-state index in [0.29, 0.717) is 0 Å². The SMILES string of the molecule is CCC(C)NC(=O)C(C)N(Cc1cccc(Br)c1)C(=O)CN(c1ccc(F)cc1)S(C)(=O)=O. The van der Waals surface area contributed by atoms with Crippen molar-refractivity contribution in [1.29, 1.82) is 0 Å². The van der Waals surface area contributed by atoms with Crippen molar-refractivity contribution in [3.8, 4) is 0 Å². The van der Waals surface area contributed by atoms with E-state index < -0.39 is 34.3 Å². The maximum absolute atomic E-state index is 13.4. The molecule has 2 rings (SSSR count). The highest BCUT2D eigenvalue weighted by atomic mass is 79.9. The Bertz CT molecular complexity index is 1080. The highest BCUT2D eigenvalue weighted by Crippen LogP contribution is 2.20. The van der Waals surface area contributed by atoms with Crippen LogP contribution < -0.4 is 9.62 Å². The first-order chi connectivity index (χ1) is 15.4. The molecule has 2 aromatic carbocycles. The van der Waals surface area contributed by atoms with Crippen molar-refractivity contribution in [2.24, 2.45) is 0 Å². The second kappa shape index (κ2) is 11.6. The Hall–Kier alpha value is -2.46. The Kier molecular flexibility index (Phi) is 9.42. The van der Waals surface area contributed by atoms with Gasteiger partial charge in [-0.2, -0.15) is 0 Å². The van der Waals surface area contributed by atoms with Crippen molar-refractivity contribution in [3.05, 3.63) is 64.4 Å². The molecule has 0 heterocycles. The first-order valence-electron chi connectivity index (χ1n) is 10.5. The molecule has 2 aromatic rings. The number of nitrogens with one attached hydrogen (secondary N) is 1. The highest BCUT2D eigenvalue weighted by molar-refractivity contribution is 9.10. The lowest BCUT2D eigenvalue weighted by molar-refractivity contribution is -0.139. The van der Waals surface area contributed by atoms with Crippen LogP contribution in [-0.4, -0.2) is 50.0 Å². The number of hydrogen-bond donors (Lipinski definition) is 1. The molecule has 0 fully saturated rings. The Labute approximate surface area is 203 Å². The molecule has 2 amide bonds. The molecule has 0 aromatic heterocycles. The van der Waals surface area contributed by atoms with Gasteiger partial charge in [0.05, 0.1) is 11.9 Å². The van der Waals surface area contributed by atoms with Gasteiger partial charge in [0, 0.05) is 17.1 Å². The number of halogens is 2. The summed E-state index contributed by atoms with van der Waals surface area (Å²) in [6.07, 6.45) is 1.70. The maximum Gasteiger partial charge on any atom is 0.244 e. The molecule has 0 saturated heterocycles. The van der Waals surface area contributed by atoms with Crippen LogP contribution in [0.2, 0.25) is 0 Å². The van der Waals surface area contributed by atoms with Gasteiger partial charge in [0.2, 0.25) is 21.8 Å². The molecule has 0 aliphatic rings. The third kappa shape index (κ3) is 7.82. The number of sulfonamides is 1. The zero-order valence-corrected chi connectivity index (χ0v) is 21.5. The zero-order chi connectivity index (χ0) is 24.8. The molecule has 1 N–H and O–H groups in total. The summed E-state index contributed by atoms with van der Waals surface area (Å²) in [5.74, 6) is -1.41.